The van der Waals surface area contributed by atoms with E-state index in [0.717, 1.165) is 34.0 Å². The minimum Gasteiger partial charge on any atom is -0.489 e. The molecule has 5 rings (SSSR count). The predicted molar refractivity (Wildman–Crippen MR) is 145 cm³/mol. The SMILES string of the molecule is CCc1ccccc1N1CSC2=C(C#N)[C@H](c3ccc(OCc4ccc(Cl)cc4)cc3)CC(=O)N2C1. The third-order valence-electron chi connectivity index (χ3n) is 6.61. The molecule has 0 N–H and O–H groups in total. The number of amides is 1. The van der Waals surface area contributed by atoms with Gasteiger partial charge in [-0.3, -0.25) is 9.69 Å². The van der Waals surface area contributed by atoms with Crippen molar-refractivity contribution in [1.82, 2.24) is 4.90 Å². The molecule has 0 aliphatic carbocycles. The second-order valence-corrected chi connectivity index (χ2v) is 10.2. The second kappa shape index (κ2) is 10.7. The van der Waals surface area contributed by atoms with Gasteiger partial charge in [-0.15, -0.1) is 0 Å². The van der Waals surface area contributed by atoms with Crippen LogP contribution in [0.15, 0.2) is 83.4 Å². The number of thioether (sulfide) groups is 1. The van der Waals surface area contributed by atoms with Crippen molar-refractivity contribution in [3.05, 3.63) is 105 Å². The average molecular weight is 516 g/mol. The van der Waals surface area contributed by atoms with Crippen LogP contribution in [0.2, 0.25) is 5.02 Å². The van der Waals surface area contributed by atoms with E-state index < -0.39 is 0 Å². The normalized spacial score (nSPS) is 17.6. The topological polar surface area (TPSA) is 56.6 Å². The highest BCUT2D eigenvalue weighted by Crippen LogP contribution is 2.43. The summed E-state index contributed by atoms with van der Waals surface area (Å²) < 4.78 is 5.90. The Morgan fingerprint density at radius 1 is 1.08 bits per heavy atom. The van der Waals surface area contributed by atoms with Gasteiger partial charge in [0.05, 0.1) is 29.2 Å². The molecule has 0 spiro atoms. The van der Waals surface area contributed by atoms with Crippen molar-refractivity contribution < 1.29 is 9.53 Å². The third kappa shape index (κ3) is 4.95. The first kappa shape index (κ1) is 24.3. The number of halogens is 1. The maximum atomic E-state index is 13.3. The van der Waals surface area contributed by atoms with Gasteiger partial charge in [0.15, 0.2) is 0 Å². The first-order chi connectivity index (χ1) is 17.6. The number of carbonyl (C=O) groups is 1. The molecule has 2 heterocycles. The minimum atomic E-state index is -0.249. The minimum absolute atomic E-state index is 0.0447. The number of hydrogen-bond donors (Lipinski definition) is 0. The Hall–Kier alpha value is -3.40. The molecule has 0 unspecified atom stereocenters. The summed E-state index contributed by atoms with van der Waals surface area (Å²) in [5, 5.41) is 11.6. The zero-order valence-electron chi connectivity index (χ0n) is 20.0. The summed E-state index contributed by atoms with van der Waals surface area (Å²) in [6.45, 7) is 3.04. The fraction of sp³-hybridized carbons (Fsp3) is 0.241. The van der Waals surface area contributed by atoms with Gasteiger partial charge >= 0.3 is 0 Å². The summed E-state index contributed by atoms with van der Waals surface area (Å²) in [4.78, 5) is 17.3. The van der Waals surface area contributed by atoms with Gasteiger partial charge in [0.2, 0.25) is 5.91 Å². The molecule has 5 nitrogen and oxygen atoms in total. The summed E-state index contributed by atoms with van der Waals surface area (Å²) in [6.07, 6.45) is 1.21. The van der Waals surface area contributed by atoms with Crippen LogP contribution >= 0.6 is 23.4 Å². The number of allylic oxidation sites excluding steroid dienone is 1. The van der Waals surface area contributed by atoms with Crippen LogP contribution in [0.4, 0.5) is 5.69 Å². The van der Waals surface area contributed by atoms with Crippen LogP contribution in [0.1, 0.15) is 36.0 Å². The first-order valence-corrected chi connectivity index (χ1v) is 13.3. The summed E-state index contributed by atoms with van der Waals surface area (Å²) in [5.74, 6) is 1.23. The highest BCUT2D eigenvalue weighted by molar-refractivity contribution is 8.03. The number of rotatable bonds is 6. The van der Waals surface area contributed by atoms with Gasteiger partial charge < -0.3 is 9.64 Å². The van der Waals surface area contributed by atoms with Crippen LogP contribution in [0, 0.1) is 11.3 Å². The number of aryl methyl sites for hydroxylation is 1. The number of nitriles is 1. The Morgan fingerprint density at radius 3 is 2.56 bits per heavy atom. The molecular weight excluding hydrogens is 490 g/mol. The number of para-hydroxylation sites is 1. The highest BCUT2D eigenvalue weighted by Gasteiger charge is 2.38. The van der Waals surface area contributed by atoms with E-state index in [1.807, 2.05) is 60.7 Å². The fourth-order valence-electron chi connectivity index (χ4n) is 4.66. The van der Waals surface area contributed by atoms with Crippen LogP contribution in [0.5, 0.6) is 5.75 Å². The van der Waals surface area contributed by atoms with Crippen LogP contribution in [0.3, 0.4) is 0 Å². The van der Waals surface area contributed by atoms with E-state index in [9.17, 15) is 10.1 Å². The lowest BCUT2D eigenvalue weighted by Gasteiger charge is -2.42. The monoisotopic (exact) mass is 515 g/mol. The molecule has 0 radical (unpaired) electrons. The van der Waals surface area contributed by atoms with E-state index in [-0.39, 0.29) is 18.2 Å². The number of hydrogen-bond acceptors (Lipinski definition) is 5. The smallest absolute Gasteiger partial charge is 0.229 e. The van der Waals surface area contributed by atoms with Crippen molar-refractivity contribution in [1.29, 1.82) is 5.26 Å². The van der Waals surface area contributed by atoms with Crippen LogP contribution < -0.4 is 9.64 Å². The van der Waals surface area contributed by atoms with Crippen LogP contribution in [-0.2, 0) is 17.8 Å². The maximum Gasteiger partial charge on any atom is 0.229 e. The van der Waals surface area contributed by atoms with Crippen molar-refractivity contribution in [3.63, 3.8) is 0 Å². The van der Waals surface area contributed by atoms with Gasteiger partial charge in [-0.2, -0.15) is 5.26 Å². The molecule has 2 aliphatic heterocycles. The number of benzene rings is 3. The number of ether oxygens (including phenoxy) is 1. The Bertz CT molecular complexity index is 1330. The van der Waals surface area contributed by atoms with Gasteiger partial charge in [-0.25, -0.2) is 0 Å². The van der Waals surface area contributed by atoms with Crippen molar-refractivity contribution in [2.45, 2.75) is 32.3 Å². The molecule has 36 heavy (non-hydrogen) atoms. The molecule has 182 valence electrons. The van der Waals surface area contributed by atoms with Gasteiger partial charge in [-0.1, -0.05) is 72.8 Å². The van der Waals surface area contributed by atoms with Crippen LogP contribution in [0.25, 0.3) is 0 Å². The molecular formula is C29H26ClN3O2S. The highest BCUT2D eigenvalue weighted by atomic mass is 35.5. The number of anilines is 1. The standard InChI is InChI=1S/C29H26ClN3O2S/c1-2-21-5-3-4-6-27(21)32-18-33-28(34)15-25(26(16-31)29(33)36-19-32)22-9-13-24(14-10-22)35-17-20-7-11-23(30)12-8-20/h3-14,25H,2,15,17-19H2,1H3/t25-/m0/s1. The number of nitrogens with zero attached hydrogens (tertiary/aromatic N) is 3. The van der Waals surface area contributed by atoms with Gasteiger partial charge in [0, 0.05) is 23.0 Å². The molecule has 1 atom stereocenters. The summed E-state index contributed by atoms with van der Waals surface area (Å²) >= 11 is 7.51. The van der Waals surface area contributed by atoms with Gasteiger partial charge in [-0.05, 0) is 53.4 Å². The zero-order chi connectivity index (χ0) is 25.1. The first-order valence-electron chi connectivity index (χ1n) is 11.9. The molecule has 2 aliphatic rings. The average Bonchev–Trinajstić information content (AvgIpc) is 2.93. The largest absolute Gasteiger partial charge is 0.489 e. The van der Waals surface area contributed by atoms with Crippen molar-refractivity contribution in [2.75, 3.05) is 17.4 Å². The molecule has 1 saturated heterocycles. The van der Waals surface area contributed by atoms with E-state index in [1.165, 1.54) is 5.56 Å². The second-order valence-electron chi connectivity index (χ2n) is 8.83. The third-order valence-corrected chi connectivity index (χ3v) is 8.01. The Labute approximate surface area is 220 Å². The van der Waals surface area contributed by atoms with Gasteiger partial charge in [0.1, 0.15) is 12.4 Å². The lowest BCUT2D eigenvalue weighted by Crippen LogP contribution is -2.47. The van der Waals surface area contributed by atoms with E-state index in [1.54, 1.807) is 16.7 Å². The Balaban J connectivity index is 1.33. The summed E-state index contributed by atoms with van der Waals surface area (Å²) in [7, 11) is 0. The number of fused-ring (bicyclic) bond motifs is 1. The van der Waals surface area contributed by atoms with E-state index in [4.69, 9.17) is 16.3 Å². The Kier molecular flexibility index (Phi) is 7.22. The molecule has 3 aromatic carbocycles. The van der Waals surface area contributed by atoms with Crippen molar-refractivity contribution in [3.8, 4) is 11.8 Å². The van der Waals surface area contributed by atoms with Crippen molar-refractivity contribution >= 4 is 35.0 Å². The molecule has 7 heteroatoms. The number of carbonyl (C=O) groups excluding carboxylic acids is 1. The maximum absolute atomic E-state index is 13.3. The van der Waals surface area contributed by atoms with E-state index in [2.05, 4.69) is 30.0 Å². The lowest BCUT2D eigenvalue weighted by atomic mass is 9.86. The Morgan fingerprint density at radius 2 is 1.83 bits per heavy atom. The van der Waals surface area contributed by atoms with E-state index >= 15 is 0 Å². The zero-order valence-corrected chi connectivity index (χ0v) is 21.6. The molecule has 0 bridgehead atoms. The van der Waals surface area contributed by atoms with Crippen molar-refractivity contribution in [2.24, 2.45) is 0 Å². The predicted octanol–water partition coefficient (Wildman–Crippen LogP) is 6.70. The van der Waals surface area contributed by atoms with Crippen LogP contribution in [-0.4, -0.2) is 23.4 Å². The summed E-state index contributed by atoms with van der Waals surface area (Å²) in [5.41, 5.74) is 5.05. The molecule has 3 aromatic rings. The molecule has 0 aromatic heterocycles. The fourth-order valence-corrected chi connectivity index (χ4v) is 5.95. The summed E-state index contributed by atoms with van der Waals surface area (Å²) in [6, 6.07) is 26.0. The van der Waals surface area contributed by atoms with E-state index in [0.29, 0.717) is 29.7 Å². The molecule has 0 saturated carbocycles. The van der Waals surface area contributed by atoms with Gasteiger partial charge in [0.25, 0.3) is 0 Å². The lowest BCUT2D eigenvalue weighted by molar-refractivity contribution is -0.129. The molecule has 1 amide bonds. The molecule has 1 fully saturated rings. The quantitative estimate of drug-likeness (QED) is 0.365.